The third-order valence-electron chi connectivity index (χ3n) is 4.54. The molecule has 0 aliphatic heterocycles. The molecule has 1 aromatic carbocycles. The van der Waals surface area contributed by atoms with E-state index < -0.39 is 10.0 Å². The van der Waals surface area contributed by atoms with E-state index in [2.05, 4.69) is 5.32 Å². The van der Waals surface area contributed by atoms with Gasteiger partial charge >= 0.3 is 0 Å². The van der Waals surface area contributed by atoms with E-state index in [-0.39, 0.29) is 24.9 Å². The lowest BCUT2D eigenvalue weighted by Crippen LogP contribution is -2.41. The predicted molar refractivity (Wildman–Crippen MR) is 97.4 cm³/mol. The summed E-state index contributed by atoms with van der Waals surface area (Å²) in [4.78, 5) is 12.2. The lowest BCUT2D eigenvalue weighted by molar-refractivity contribution is -0.116. The number of nitriles is 1. The van der Waals surface area contributed by atoms with Crippen LogP contribution in [0.25, 0.3) is 0 Å². The number of anilines is 1. The Morgan fingerprint density at radius 3 is 2.48 bits per heavy atom. The van der Waals surface area contributed by atoms with Crippen molar-refractivity contribution in [1.82, 2.24) is 4.31 Å². The van der Waals surface area contributed by atoms with E-state index in [4.69, 9.17) is 5.26 Å². The van der Waals surface area contributed by atoms with Crippen LogP contribution in [0.4, 0.5) is 5.69 Å². The molecule has 0 bridgehead atoms. The minimum atomic E-state index is -3.36. The van der Waals surface area contributed by atoms with Gasteiger partial charge in [0.2, 0.25) is 15.9 Å². The minimum absolute atomic E-state index is 0.0169. The summed E-state index contributed by atoms with van der Waals surface area (Å²) in [7, 11) is -3.36. The van der Waals surface area contributed by atoms with Crippen LogP contribution in [0.3, 0.4) is 0 Å². The summed E-state index contributed by atoms with van der Waals surface area (Å²) < 4.78 is 25.8. The number of hydrogen-bond donors (Lipinski definition) is 1. The number of nitrogens with zero attached hydrogens (tertiary/aromatic N) is 2. The highest BCUT2D eigenvalue weighted by Gasteiger charge is 2.27. The molecule has 1 fully saturated rings. The molecule has 1 aromatic rings. The van der Waals surface area contributed by atoms with Crippen molar-refractivity contribution in [3.05, 3.63) is 29.8 Å². The Morgan fingerprint density at radius 2 is 1.88 bits per heavy atom. The maximum Gasteiger partial charge on any atom is 0.225 e. The molecule has 0 aromatic heterocycles. The van der Waals surface area contributed by atoms with E-state index in [1.807, 2.05) is 6.07 Å². The summed E-state index contributed by atoms with van der Waals surface area (Å²) in [5.74, 6) is -0.287. The highest BCUT2D eigenvalue weighted by Crippen LogP contribution is 2.24. The third-order valence-corrected chi connectivity index (χ3v) is 5.87. The van der Waals surface area contributed by atoms with Crippen molar-refractivity contribution in [3.63, 3.8) is 0 Å². The smallest absolute Gasteiger partial charge is 0.225 e. The van der Waals surface area contributed by atoms with Crippen LogP contribution in [-0.2, 0) is 14.8 Å². The van der Waals surface area contributed by atoms with Crippen LogP contribution >= 0.6 is 0 Å². The maximum absolute atomic E-state index is 12.2. The van der Waals surface area contributed by atoms with E-state index in [0.29, 0.717) is 11.3 Å². The van der Waals surface area contributed by atoms with Gasteiger partial charge in [0.25, 0.3) is 0 Å². The van der Waals surface area contributed by atoms with Gasteiger partial charge in [-0.15, -0.1) is 0 Å². The summed E-state index contributed by atoms with van der Waals surface area (Å²) in [6.45, 7) is 0.171. The summed E-state index contributed by atoms with van der Waals surface area (Å²) in [6.07, 6.45) is 7.32. The fourth-order valence-electron chi connectivity index (χ4n) is 3.28. The van der Waals surface area contributed by atoms with Gasteiger partial charge in [0.05, 0.1) is 17.5 Å². The Balaban J connectivity index is 2.00. The van der Waals surface area contributed by atoms with Crippen molar-refractivity contribution in [2.45, 2.75) is 51.0 Å². The second-order valence-electron chi connectivity index (χ2n) is 6.47. The average Bonchev–Trinajstić information content (AvgIpc) is 2.83. The molecule has 1 amide bonds. The number of carbonyl (C=O) groups excluding carboxylic acids is 1. The van der Waals surface area contributed by atoms with Gasteiger partial charge in [-0.05, 0) is 25.0 Å². The van der Waals surface area contributed by atoms with E-state index in [1.165, 1.54) is 10.6 Å². The zero-order chi connectivity index (χ0) is 18.3. The molecule has 0 atom stereocenters. The third kappa shape index (κ3) is 5.83. The monoisotopic (exact) mass is 363 g/mol. The first-order chi connectivity index (χ1) is 11.9. The van der Waals surface area contributed by atoms with Crippen LogP contribution in [0.15, 0.2) is 24.3 Å². The molecule has 1 aliphatic carbocycles. The van der Waals surface area contributed by atoms with Gasteiger partial charge in [-0.25, -0.2) is 8.42 Å². The number of carbonyl (C=O) groups is 1. The van der Waals surface area contributed by atoms with Gasteiger partial charge in [0.15, 0.2) is 0 Å². The van der Waals surface area contributed by atoms with E-state index in [1.54, 1.807) is 24.3 Å². The predicted octanol–water partition coefficient (Wildman–Crippen LogP) is 2.87. The molecule has 1 aliphatic rings. The summed E-state index contributed by atoms with van der Waals surface area (Å²) in [5.41, 5.74) is 0.843. The minimum Gasteiger partial charge on any atom is -0.325 e. The molecule has 0 saturated heterocycles. The van der Waals surface area contributed by atoms with Crippen molar-refractivity contribution in [2.75, 3.05) is 18.1 Å². The van der Waals surface area contributed by atoms with E-state index in [0.717, 1.165) is 38.5 Å². The number of nitrogens with one attached hydrogen (secondary N) is 1. The van der Waals surface area contributed by atoms with Crippen molar-refractivity contribution < 1.29 is 13.2 Å². The fourth-order valence-corrected chi connectivity index (χ4v) is 4.45. The molecule has 2 rings (SSSR count). The lowest BCUT2D eigenvalue weighted by Gasteiger charge is -2.28. The molecule has 0 spiro atoms. The topological polar surface area (TPSA) is 90.3 Å². The molecule has 1 N–H and O–H groups in total. The normalized spacial score (nSPS) is 16.2. The molecule has 0 radical (unpaired) electrons. The van der Waals surface area contributed by atoms with Gasteiger partial charge < -0.3 is 5.32 Å². The second kappa shape index (κ2) is 8.97. The van der Waals surface area contributed by atoms with Crippen molar-refractivity contribution in [1.29, 1.82) is 5.26 Å². The van der Waals surface area contributed by atoms with Crippen LogP contribution in [0, 0.1) is 11.3 Å². The van der Waals surface area contributed by atoms with Crippen molar-refractivity contribution in [3.8, 4) is 6.07 Å². The molecule has 0 unspecified atom stereocenters. The highest BCUT2D eigenvalue weighted by atomic mass is 32.2. The largest absolute Gasteiger partial charge is 0.325 e. The molecular weight excluding hydrogens is 338 g/mol. The van der Waals surface area contributed by atoms with Gasteiger partial charge in [0, 0.05) is 19.0 Å². The Hall–Kier alpha value is -1.91. The molecule has 7 heteroatoms. The zero-order valence-electron chi connectivity index (χ0n) is 14.6. The summed E-state index contributed by atoms with van der Waals surface area (Å²) in [6, 6.07) is 8.77. The first kappa shape index (κ1) is 19.4. The highest BCUT2D eigenvalue weighted by molar-refractivity contribution is 7.88. The Labute approximate surface area is 149 Å². The molecule has 1 saturated carbocycles. The first-order valence-corrected chi connectivity index (χ1v) is 10.5. The SMILES string of the molecule is CS(=O)(=O)N(CCC(=O)Nc1ccccc1C#N)C1CCCCCC1. The summed E-state index contributed by atoms with van der Waals surface area (Å²) in [5, 5.41) is 11.8. The lowest BCUT2D eigenvalue weighted by atomic mass is 10.1. The van der Waals surface area contributed by atoms with Gasteiger partial charge in [0.1, 0.15) is 6.07 Å². The Bertz CT molecular complexity index is 732. The Kier molecular flexibility index (Phi) is 6.97. The molecule has 25 heavy (non-hydrogen) atoms. The van der Waals surface area contributed by atoms with Crippen LogP contribution in [-0.4, -0.2) is 37.5 Å². The first-order valence-electron chi connectivity index (χ1n) is 8.67. The van der Waals surface area contributed by atoms with Crippen LogP contribution in [0.1, 0.15) is 50.5 Å². The number of para-hydroxylation sites is 1. The number of benzene rings is 1. The molecule has 136 valence electrons. The van der Waals surface area contributed by atoms with Gasteiger partial charge in [-0.3, -0.25) is 4.79 Å². The van der Waals surface area contributed by atoms with E-state index in [9.17, 15) is 13.2 Å². The quantitative estimate of drug-likeness (QED) is 0.787. The van der Waals surface area contributed by atoms with E-state index >= 15 is 0 Å². The number of sulfonamides is 1. The Morgan fingerprint density at radius 1 is 1.24 bits per heavy atom. The van der Waals surface area contributed by atoms with Crippen LogP contribution in [0.2, 0.25) is 0 Å². The van der Waals surface area contributed by atoms with Gasteiger partial charge in [-0.2, -0.15) is 9.57 Å². The number of rotatable bonds is 6. The standard InChI is InChI=1S/C18H25N3O3S/c1-25(23,24)21(16-9-4-2-3-5-10-16)13-12-18(22)20-17-11-7-6-8-15(17)14-19/h6-8,11,16H,2-5,9-10,12-13H2,1H3,(H,20,22). The molecular formula is C18H25N3O3S. The van der Waals surface area contributed by atoms with Crippen LogP contribution in [0.5, 0.6) is 0 Å². The van der Waals surface area contributed by atoms with Crippen LogP contribution < -0.4 is 5.32 Å². The molecule has 6 nitrogen and oxygen atoms in total. The van der Waals surface area contributed by atoms with Crippen molar-refractivity contribution >= 4 is 21.6 Å². The zero-order valence-corrected chi connectivity index (χ0v) is 15.4. The average molecular weight is 363 g/mol. The van der Waals surface area contributed by atoms with Crippen molar-refractivity contribution in [2.24, 2.45) is 0 Å². The number of amides is 1. The van der Waals surface area contributed by atoms with Gasteiger partial charge in [-0.1, -0.05) is 37.8 Å². The molecule has 0 heterocycles. The fraction of sp³-hybridized carbons (Fsp3) is 0.556. The second-order valence-corrected chi connectivity index (χ2v) is 8.41. The number of hydrogen-bond acceptors (Lipinski definition) is 4. The summed E-state index contributed by atoms with van der Waals surface area (Å²) >= 11 is 0. The maximum atomic E-state index is 12.2.